The van der Waals surface area contributed by atoms with E-state index >= 15 is 0 Å². The second-order valence-electron chi connectivity index (χ2n) is 8.33. The molecular formula is C24H27ClN8O. The predicted molar refractivity (Wildman–Crippen MR) is 134 cm³/mol. The monoisotopic (exact) mass is 478 g/mol. The number of carbonyl (C=O) groups excluding carboxylic acids is 1. The first kappa shape index (κ1) is 23.7. The standard InChI is InChI=1S/C24H27ClN8O/c1-27-6-5-17-11-19-18(14-29-33(24(26)34)10-9-32-7-3-4-8-32)12-22(23-15-28-16-31(23)2)30-21(19)13-20(17)25/h11-16H,3-10H2,2H3,(H2,26,34)/b29-14+. The first-order chi connectivity index (χ1) is 16.5. The molecule has 3 aromatic rings. The summed E-state index contributed by atoms with van der Waals surface area (Å²) in [4.78, 5) is 26.8. The molecule has 2 aromatic heterocycles. The lowest BCUT2D eigenvalue weighted by Gasteiger charge is -2.19. The molecule has 1 aliphatic rings. The first-order valence-corrected chi connectivity index (χ1v) is 11.6. The van der Waals surface area contributed by atoms with Gasteiger partial charge in [-0.05, 0) is 49.7 Å². The number of amides is 2. The molecule has 0 bridgehead atoms. The highest BCUT2D eigenvalue weighted by atomic mass is 35.5. The third-order valence-electron chi connectivity index (χ3n) is 6.00. The lowest BCUT2D eigenvalue weighted by molar-refractivity contribution is 0.200. The second-order valence-corrected chi connectivity index (χ2v) is 8.74. The van der Waals surface area contributed by atoms with Crippen molar-refractivity contribution in [1.29, 1.82) is 0 Å². The molecule has 176 valence electrons. The Bertz CT molecular complexity index is 1260. The highest BCUT2D eigenvalue weighted by Gasteiger charge is 2.16. The van der Waals surface area contributed by atoms with Gasteiger partial charge in [0.2, 0.25) is 6.54 Å². The number of benzene rings is 1. The van der Waals surface area contributed by atoms with Gasteiger partial charge >= 0.3 is 6.03 Å². The molecule has 10 heteroatoms. The van der Waals surface area contributed by atoms with Gasteiger partial charge in [0.05, 0.1) is 42.2 Å². The fourth-order valence-corrected chi connectivity index (χ4v) is 4.38. The number of aromatic nitrogens is 3. The van der Waals surface area contributed by atoms with E-state index in [2.05, 4.69) is 19.8 Å². The fourth-order valence-electron chi connectivity index (χ4n) is 4.13. The molecule has 1 fully saturated rings. The van der Waals surface area contributed by atoms with Gasteiger partial charge in [0.15, 0.2) is 0 Å². The number of imidazole rings is 1. The van der Waals surface area contributed by atoms with Crippen molar-refractivity contribution < 1.29 is 4.79 Å². The number of carbonyl (C=O) groups is 1. The van der Waals surface area contributed by atoms with Crippen molar-refractivity contribution in [3.05, 3.63) is 58.3 Å². The molecule has 0 saturated carbocycles. The minimum Gasteiger partial charge on any atom is -0.350 e. The zero-order valence-corrected chi connectivity index (χ0v) is 19.9. The van der Waals surface area contributed by atoms with Gasteiger partial charge in [-0.1, -0.05) is 11.6 Å². The summed E-state index contributed by atoms with van der Waals surface area (Å²) in [5, 5.41) is 7.14. The van der Waals surface area contributed by atoms with Gasteiger partial charge < -0.3 is 20.0 Å². The summed E-state index contributed by atoms with van der Waals surface area (Å²) in [6, 6.07) is 5.08. The maximum absolute atomic E-state index is 12.1. The average Bonchev–Trinajstić information content (AvgIpc) is 3.49. The normalized spacial score (nSPS) is 14.1. The van der Waals surface area contributed by atoms with E-state index in [9.17, 15) is 4.79 Å². The van der Waals surface area contributed by atoms with Crippen LogP contribution in [0.1, 0.15) is 24.0 Å². The van der Waals surface area contributed by atoms with Crippen molar-refractivity contribution in [1.82, 2.24) is 24.4 Å². The minimum atomic E-state index is -0.596. The number of rotatable bonds is 8. The molecule has 4 rings (SSSR count). The van der Waals surface area contributed by atoms with Crippen molar-refractivity contribution in [2.45, 2.75) is 19.3 Å². The Morgan fingerprint density at radius 3 is 2.82 bits per heavy atom. The number of hydrogen-bond acceptors (Lipinski definition) is 5. The van der Waals surface area contributed by atoms with Crippen molar-refractivity contribution in [2.75, 3.05) is 32.7 Å². The summed E-state index contributed by atoms with van der Waals surface area (Å²) >= 11 is 6.50. The van der Waals surface area contributed by atoms with Crippen LogP contribution in [-0.4, -0.2) is 69.4 Å². The molecular weight excluding hydrogens is 452 g/mol. The van der Waals surface area contributed by atoms with E-state index in [1.54, 1.807) is 18.7 Å². The number of nitrogens with two attached hydrogens (primary N) is 1. The number of fused-ring (bicyclic) bond motifs is 1. The van der Waals surface area contributed by atoms with Crippen molar-refractivity contribution in [2.24, 2.45) is 17.9 Å². The van der Waals surface area contributed by atoms with Gasteiger partial charge in [-0.2, -0.15) is 5.10 Å². The average molecular weight is 479 g/mol. The Kier molecular flexibility index (Phi) is 7.40. The number of hydrogen-bond donors (Lipinski definition) is 1. The molecule has 0 spiro atoms. The smallest absolute Gasteiger partial charge is 0.335 e. The van der Waals surface area contributed by atoms with Crippen LogP contribution in [-0.2, 0) is 13.5 Å². The lowest BCUT2D eigenvalue weighted by atomic mass is 10.0. The topological polar surface area (TPSA) is 97.0 Å². The van der Waals surface area contributed by atoms with E-state index in [0.29, 0.717) is 35.7 Å². The molecule has 1 aromatic carbocycles. The maximum Gasteiger partial charge on any atom is 0.335 e. The molecule has 9 nitrogen and oxygen atoms in total. The number of aryl methyl sites for hydroxylation is 1. The summed E-state index contributed by atoms with van der Waals surface area (Å²) in [5.41, 5.74) is 9.49. The highest BCUT2D eigenvalue weighted by Crippen LogP contribution is 2.29. The number of likely N-dealkylation sites (tertiary alicyclic amines) is 1. The first-order valence-electron chi connectivity index (χ1n) is 11.2. The van der Waals surface area contributed by atoms with Crippen LogP contribution in [0.2, 0.25) is 5.02 Å². The Balaban J connectivity index is 1.73. The van der Waals surface area contributed by atoms with E-state index in [4.69, 9.17) is 28.9 Å². The molecule has 0 atom stereocenters. The molecule has 0 aliphatic carbocycles. The molecule has 0 radical (unpaired) electrons. The van der Waals surface area contributed by atoms with Crippen LogP contribution in [0, 0.1) is 6.57 Å². The summed E-state index contributed by atoms with van der Waals surface area (Å²) in [5.74, 6) is 0. The number of halogens is 1. The number of hydrazone groups is 1. The van der Waals surface area contributed by atoms with E-state index < -0.39 is 6.03 Å². The molecule has 34 heavy (non-hydrogen) atoms. The predicted octanol–water partition coefficient (Wildman–Crippen LogP) is 3.56. The molecule has 1 aliphatic heterocycles. The largest absolute Gasteiger partial charge is 0.350 e. The van der Waals surface area contributed by atoms with Crippen LogP contribution in [0.4, 0.5) is 4.79 Å². The molecule has 3 heterocycles. The molecule has 1 saturated heterocycles. The van der Waals surface area contributed by atoms with Gasteiger partial charge in [-0.3, -0.25) is 0 Å². The maximum atomic E-state index is 12.1. The molecule has 2 amide bonds. The Hall–Kier alpha value is -3.48. The Morgan fingerprint density at radius 1 is 1.35 bits per heavy atom. The van der Waals surface area contributed by atoms with Crippen LogP contribution in [0.5, 0.6) is 0 Å². The van der Waals surface area contributed by atoms with Gasteiger partial charge in [0, 0.05) is 36.0 Å². The summed E-state index contributed by atoms with van der Waals surface area (Å²) in [6.07, 6.45) is 8.00. The number of nitrogens with zero attached hydrogens (tertiary/aromatic N) is 7. The SMILES string of the molecule is [C-]#[N+]CCc1cc2c(/C=N/N(CCN3CCCC3)C(N)=O)cc(-c3cncn3C)nc2cc1Cl. The number of primary amides is 1. The van der Waals surface area contributed by atoms with Crippen molar-refractivity contribution in [3.8, 4) is 11.4 Å². The summed E-state index contributed by atoms with van der Waals surface area (Å²) in [6.45, 7) is 10.7. The third-order valence-corrected chi connectivity index (χ3v) is 6.35. The van der Waals surface area contributed by atoms with Gasteiger partial charge in [-0.25, -0.2) is 26.3 Å². The zero-order valence-electron chi connectivity index (χ0n) is 19.1. The molecule has 0 unspecified atom stereocenters. The second kappa shape index (κ2) is 10.6. The van der Waals surface area contributed by atoms with Crippen LogP contribution in [0.3, 0.4) is 0 Å². The van der Waals surface area contributed by atoms with Gasteiger partial charge in [0.1, 0.15) is 0 Å². The summed E-state index contributed by atoms with van der Waals surface area (Å²) in [7, 11) is 1.90. The summed E-state index contributed by atoms with van der Waals surface area (Å²) < 4.78 is 1.88. The van der Waals surface area contributed by atoms with E-state index in [0.717, 1.165) is 41.8 Å². The van der Waals surface area contributed by atoms with E-state index in [-0.39, 0.29) is 0 Å². The van der Waals surface area contributed by atoms with Crippen molar-refractivity contribution in [3.63, 3.8) is 0 Å². The zero-order chi connectivity index (χ0) is 24.1. The number of urea groups is 1. The molecule has 2 N–H and O–H groups in total. The third kappa shape index (κ3) is 5.35. The Labute approximate surface area is 203 Å². The van der Waals surface area contributed by atoms with E-state index in [1.807, 2.05) is 29.8 Å². The van der Waals surface area contributed by atoms with Gasteiger partial charge in [-0.15, -0.1) is 0 Å². The van der Waals surface area contributed by atoms with Crippen LogP contribution in [0.25, 0.3) is 27.1 Å². The Morgan fingerprint density at radius 2 is 2.15 bits per heavy atom. The number of pyridine rings is 1. The van der Waals surface area contributed by atoms with Crippen molar-refractivity contribution >= 4 is 34.7 Å². The van der Waals surface area contributed by atoms with Crippen LogP contribution in [0.15, 0.2) is 35.8 Å². The van der Waals surface area contributed by atoms with Crippen LogP contribution >= 0.6 is 11.6 Å². The van der Waals surface area contributed by atoms with Gasteiger partial charge in [0.25, 0.3) is 0 Å². The minimum absolute atomic E-state index is 0.348. The lowest BCUT2D eigenvalue weighted by Crippen LogP contribution is -2.37. The fraction of sp³-hybridized carbons (Fsp3) is 0.375. The quantitative estimate of drug-likeness (QED) is 0.304. The van der Waals surface area contributed by atoms with E-state index in [1.165, 1.54) is 17.9 Å². The highest BCUT2D eigenvalue weighted by molar-refractivity contribution is 6.32. The van der Waals surface area contributed by atoms with Crippen LogP contribution < -0.4 is 5.73 Å².